The van der Waals surface area contributed by atoms with Gasteiger partial charge in [-0.05, 0) is 89.9 Å². The molecule has 242 valence electrons. The predicted molar refractivity (Wildman–Crippen MR) is 186 cm³/mol. The molecule has 5 heteroatoms. The van der Waals surface area contributed by atoms with Crippen LogP contribution in [0.15, 0.2) is 91.0 Å². The monoisotopic (exact) mass is 619 g/mol. The molecule has 0 aliphatic heterocycles. The number of carbonyl (C=O) groups is 1. The number of esters is 1. The zero-order valence-electron chi connectivity index (χ0n) is 28.1. The van der Waals surface area contributed by atoms with Gasteiger partial charge in [0.1, 0.15) is 12.4 Å². The third kappa shape index (κ3) is 8.07. The van der Waals surface area contributed by atoms with Crippen molar-refractivity contribution in [1.82, 2.24) is 4.90 Å². The first kappa shape index (κ1) is 33.4. The van der Waals surface area contributed by atoms with Crippen LogP contribution in [0.25, 0.3) is 0 Å². The van der Waals surface area contributed by atoms with Gasteiger partial charge in [-0.3, -0.25) is 4.90 Å². The number of benzene rings is 4. The van der Waals surface area contributed by atoms with Crippen LogP contribution in [-0.4, -0.2) is 50.9 Å². The Bertz CT molecular complexity index is 1570. The maximum absolute atomic E-state index is 12.1. The molecule has 0 saturated carbocycles. The van der Waals surface area contributed by atoms with Crippen molar-refractivity contribution < 1.29 is 19.0 Å². The number of carbonyl (C=O) groups excluding carboxylic acids is 1. The van der Waals surface area contributed by atoms with Crippen LogP contribution in [0.4, 0.5) is 0 Å². The molecule has 0 bridgehead atoms. The van der Waals surface area contributed by atoms with Crippen molar-refractivity contribution in [3.8, 4) is 5.75 Å². The van der Waals surface area contributed by atoms with Crippen molar-refractivity contribution in [2.24, 2.45) is 0 Å². The Morgan fingerprint density at radius 3 is 2.30 bits per heavy atom. The Morgan fingerprint density at radius 1 is 0.848 bits per heavy atom. The van der Waals surface area contributed by atoms with E-state index in [0.29, 0.717) is 25.6 Å². The third-order valence-electron chi connectivity index (χ3n) is 9.30. The number of ether oxygens (including phenoxy) is 3. The van der Waals surface area contributed by atoms with Crippen LogP contribution in [-0.2, 0) is 40.0 Å². The summed E-state index contributed by atoms with van der Waals surface area (Å²) < 4.78 is 16.7. The van der Waals surface area contributed by atoms with Gasteiger partial charge in [-0.1, -0.05) is 99.1 Å². The standard InChI is InChI=1S/C41H49NO4/c1-6-11-30-16-23-37-35(26-30)20-18-33-17-19-34(29(3)32-12-9-8-10-13-32)28-38(33)40(37)42(4)24-25-46-36-21-14-31(15-22-36)27-39(44-5)41(43)45-7-2/h8-10,12-17,19,21-23,26,28-29,39-40H,6-7,11,18,20,24-25,27H2,1-5H3. The lowest BCUT2D eigenvalue weighted by molar-refractivity contribution is -0.154. The number of rotatable bonds is 14. The van der Waals surface area contributed by atoms with Crippen molar-refractivity contribution in [2.45, 2.75) is 70.9 Å². The minimum Gasteiger partial charge on any atom is -0.492 e. The van der Waals surface area contributed by atoms with E-state index < -0.39 is 6.10 Å². The molecule has 3 unspecified atom stereocenters. The van der Waals surface area contributed by atoms with E-state index in [-0.39, 0.29) is 12.0 Å². The Kier molecular flexibility index (Phi) is 11.7. The zero-order chi connectivity index (χ0) is 32.5. The molecule has 0 spiro atoms. The largest absolute Gasteiger partial charge is 0.492 e. The van der Waals surface area contributed by atoms with Gasteiger partial charge in [-0.15, -0.1) is 0 Å². The summed E-state index contributed by atoms with van der Waals surface area (Å²) >= 11 is 0. The lowest BCUT2D eigenvalue weighted by atomic mass is 9.87. The van der Waals surface area contributed by atoms with E-state index in [0.717, 1.165) is 43.5 Å². The van der Waals surface area contributed by atoms with Crippen molar-refractivity contribution in [3.63, 3.8) is 0 Å². The highest BCUT2D eigenvalue weighted by Gasteiger charge is 2.28. The van der Waals surface area contributed by atoms with Crippen molar-refractivity contribution in [1.29, 1.82) is 0 Å². The van der Waals surface area contributed by atoms with Gasteiger partial charge in [0.05, 0.1) is 12.6 Å². The number of nitrogens with zero attached hydrogens (tertiary/aromatic N) is 1. The molecular formula is C41H49NO4. The number of aryl methyl sites for hydroxylation is 3. The SMILES string of the molecule is CCCc1ccc2c(c1)CCc1ccc(C(C)c3ccccc3)cc1C2N(C)CCOc1ccc(CC(OC)C(=O)OCC)cc1. The molecular weight excluding hydrogens is 570 g/mol. The third-order valence-corrected chi connectivity index (χ3v) is 9.30. The average Bonchev–Trinajstić information content (AvgIpc) is 3.24. The maximum Gasteiger partial charge on any atom is 0.335 e. The van der Waals surface area contributed by atoms with Crippen LogP contribution < -0.4 is 4.74 Å². The molecule has 0 amide bonds. The quantitative estimate of drug-likeness (QED) is 0.134. The molecule has 0 heterocycles. The van der Waals surface area contributed by atoms with E-state index >= 15 is 0 Å². The van der Waals surface area contributed by atoms with Crippen LogP contribution in [0.2, 0.25) is 0 Å². The second-order valence-electron chi connectivity index (χ2n) is 12.4. The number of methoxy groups -OCH3 is 1. The maximum atomic E-state index is 12.1. The molecule has 1 aliphatic carbocycles. The molecule has 1 aliphatic rings. The summed E-state index contributed by atoms with van der Waals surface area (Å²) in [6.07, 6.45) is 4.22. The summed E-state index contributed by atoms with van der Waals surface area (Å²) in [7, 11) is 3.76. The summed E-state index contributed by atoms with van der Waals surface area (Å²) in [5.41, 5.74) is 10.8. The number of fused-ring (bicyclic) bond motifs is 2. The van der Waals surface area contributed by atoms with Crippen LogP contribution in [0.3, 0.4) is 0 Å². The van der Waals surface area contributed by atoms with Gasteiger partial charge in [-0.25, -0.2) is 4.79 Å². The fourth-order valence-corrected chi connectivity index (χ4v) is 6.67. The minimum absolute atomic E-state index is 0.144. The smallest absolute Gasteiger partial charge is 0.335 e. The summed E-state index contributed by atoms with van der Waals surface area (Å²) in [4.78, 5) is 14.6. The van der Waals surface area contributed by atoms with Crippen LogP contribution in [0.1, 0.15) is 83.7 Å². The van der Waals surface area contributed by atoms with Gasteiger partial charge in [-0.2, -0.15) is 0 Å². The van der Waals surface area contributed by atoms with E-state index in [4.69, 9.17) is 14.2 Å². The first-order chi connectivity index (χ1) is 22.4. The number of hydrogen-bond donors (Lipinski definition) is 0. The molecule has 0 N–H and O–H groups in total. The highest BCUT2D eigenvalue weighted by molar-refractivity contribution is 5.75. The zero-order valence-corrected chi connectivity index (χ0v) is 28.1. The van der Waals surface area contributed by atoms with Crippen molar-refractivity contribution >= 4 is 5.97 Å². The molecule has 3 atom stereocenters. The summed E-state index contributed by atoms with van der Waals surface area (Å²) in [5.74, 6) is 0.792. The molecule has 0 aromatic heterocycles. The average molecular weight is 620 g/mol. The highest BCUT2D eigenvalue weighted by Crippen LogP contribution is 2.39. The van der Waals surface area contributed by atoms with Crippen LogP contribution in [0.5, 0.6) is 5.75 Å². The first-order valence-corrected chi connectivity index (χ1v) is 16.8. The first-order valence-electron chi connectivity index (χ1n) is 16.8. The Morgan fingerprint density at radius 2 is 1.59 bits per heavy atom. The number of likely N-dealkylation sites (N-methyl/N-ethyl adjacent to an activating group) is 1. The highest BCUT2D eigenvalue weighted by atomic mass is 16.6. The summed E-state index contributed by atoms with van der Waals surface area (Å²) in [5, 5.41) is 0. The molecule has 4 aromatic carbocycles. The van der Waals surface area contributed by atoms with Gasteiger partial charge >= 0.3 is 5.97 Å². The molecule has 4 aromatic rings. The van der Waals surface area contributed by atoms with Gasteiger partial charge < -0.3 is 14.2 Å². The Labute approximate surface area is 275 Å². The normalized spacial score (nSPS) is 15.4. The number of hydrogen-bond acceptors (Lipinski definition) is 5. The summed E-state index contributed by atoms with van der Waals surface area (Å²) in [6, 6.07) is 33.2. The van der Waals surface area contributed by atoms with Crippen LogP contribution >= 0.6 is 0 Å². The molecule has 46 heavy (non-hydrogen) atoms. The molecule has 5 rings (SSSR count). The second kappa shape index (κ2) is 16.1. The van der Waals surface area contributed by atoms with E-state index in [1.807, 2.05) is 24.3 Å². The topological polar surface area (TPSA) is 48.0 Å². The Hall–Kier alpha value is -3.93. The second-order valence-corrected chi connectivity index (χ2v) is 12.4. The Balaban J connectivity index is 1.34. The van der Waals surface area contributed by atoms with E-state index in [9.17, 15) is 4.79 Å². The molecule has 5 nitrogen and oxygen atoms in total. The predicted octanol–water partition coefficient (Wildman–Crippen LogP) is 8.11. The van der Waals surface area contributed by atoms with Gasteiger partial charge in [0, 0.05) is 26.0 Å². The summed E-state index contributed by atoms with van der Waals surface area (Å²) in [6.45, 7) is 8.04. The molecule has 0 radical (unpaired) electrons. The fraction of sp³-hybridized carbons (Fsp3) is 0.390. The fourth-order valence-electron chi connectivity index (χ4n) is 6.67. The van der Waals surface area contributed by atoms with Gasteiger partial charge in [0.15, 0.2) is 6.10 Å². The van der Waals surface area contributed by atoms with E-state index in [2.05, 4.69) is 92.5 Å². The minimum atomic E-state index is -0.611. The van der Waals surface area contributed by atoms with Gasteiger partial charge in [0.2, 0.25) is 0 Å². The van der Waals surface area contributed by atoms with Crippen molar-refractivity contribution in [2.75, 3.05) is 33.9 Å². The molecule has 0 fully saturated rings. The van der Waals surface area contributed by atoms with Crippen LogP contribution in [0, 0.1) is 0 Å². The van der Waals surface area contributed by atoms with E-state index in [1.54, 1.807) is 6.92 Å². The van der Waals surface area contributed by atoms with E-state index in [1.165, 1.54) is 46.1 Å². The lowest BCUT2D eigenvalue weighted by Crippen LogP contribution is -2.30. The molecule has 0 saturated heterocycles. The van der Waals surface area contributed by atoms with Crippen molar-refractivity contribution in [3.05, 3.63) is 136 Å². The lowest BCUT2D eigenvalue weighted by Gasteiger charge is -2.31. The van der Waals surface area contributed by atoms with Gasteiger partial charge in [0.25, 0.3) is 0 Å².